The summed E-state index contributed by atoms with van der Waals surface area (Å²) in [6, 6.07) is 22.2. The van der Waals surface area contributed by atoms with Gasteiger partial charge >= 0.3 is 0 Å². The van der Waals surface area contributed by atoms with Gasteiger partial charge in [0.2, 0.25) is 0 Å². The van der Waals surface area contributed by atoms with Gasteiger partial charge in [0.15, 0.2) is 0 Å². The molecule has 4 aromatic rings. The zero-order valence-corrected chi connectivity index (χ0v) is 14.0. The Balaban J connectivity index is 1.90. The number of fused-ring (bicyclic) bond motifs is 1. The van der Waals surface area contributed by atoms with E-state index >= 15 is 0 Å². The van der Waals surface area contributed by atoms with Gasteiger partial charge in [-0.15, -0.1) is 0 Å². The summed E-state index contributed by atoms with van der Waals surface area (Å²) in [5.41, 5.74) is 5.06. The van der Waals surface area contributed by atoms with Crippen LogP contribution in [0.25, 0.3) is 16.9 Å². The summed E-state index contributed by atoms with van der Waals surface area (Å²) in [5.74, 6) is 0.905. The number of rotatable bonds is 3. The third-order valence-corrected chi connectivity index (χ3v) is 4.17. The van der Waals surface area contributed by atoms with E-state index in [0.717, 1.165) is 28.4 Å². The van der Waals surface area contributed by atoms with E-state index < -0.39 is 0 Å². The number of halogens is 1. The highest BCUT2D eigenvalue weighted by molar-refractivity contribution is 6.30. The highest BCUT2D eigenvalue weighted by Gasteiger charge is 2.14. The van der Waals surface area contributed by atoms with Crippen molar-refractivity contribution in [3.8, 4) is 11.3 Å². The van der Waals surface area contributed by atoms with Crippen LogP contribution in [0.15, 0.2) is 72.9 Å². The van der Waals surface area contributed by atoms with E-state index in [-0.39, 0.29) is 0 Å². The van der Waals surface area contributed by atoms with Crippen LogP contribution in [0, 0.1) is 6.92 Å². The maximum absolute atomic E-state index is 6.19. The van der Waals surface area contributed by atoms with Gasteiger partial charge in [-0.25, -0.2) is 4.98 Å². The van der Waals surface area contributed by atoms with E-state index in [1.165, 1.54) is 5.56 Å². The fourth-order valence-electron chi connectivity index (χ4n) is 2.71. The Bertz CT molecular complexity index is 989. The predicted octanol–water partition coefficient (Wildman–Crippen LogP) is 5.71. The average molecular weight is 334 g/mol. The number of aromatic nitrogens is 2. The summed E-state index contributed by atoms with van der Waals surface area (Å²) in [6.45, 7) is 2.08. The number of nitrogens with zero attached hydrogens (tertiary/aromatic N) is 2. The Morgan fingerprint density at radius 2 is 1.67 bits per heavy atom. The van der Waals surface area contributed by atoms with Crippen LogP contribution < -0.4 is 5.32 Å². The molecule has 0 radical (unpaired) electrons. The number of benzene rings is 2. The van der Waals surface area contributed by atoms with E-state index in [0.29, 0.717) is 5.02 Å². The molecule has 0 aliphatic rings. The second-order valence-corrected chi connectivity index (χ2v) is 6.18. The number of hydrogen-bond acceptors (Lipinski definition) is 2. The largest absolute Gasteiger partial charge is 0.339 e. The fourth-order valence-corrected chi connectivity index (χ4v) is 2.87. The highest BCUT2D eigenvalue weighted by Crippen LogP contribution is 2.31. The minimum atomic E-state index is 0.673. The van der Waals surface area contributed by atoms with Gasteiger partial charge in [-0.1, -0.05) is 59.6 Å². The second-order valence-electron chi connectivity index (χ2n) is 5.74. The molecule has 0 atom stereocenters. The summed E-state index contributed by atoms with van der Waals surface area (Å²) < 4.78 is 1.99. The molecule has 4 heteroatoms. The number of anilines is 2. The summed E-state index contributed by atoms with van der Waals surface area (Å²) in [7, 11) is 0. The first-order chi connectivity index (χ1) is 11.7. The first kappa shape index (κ1) is 14.8. The maximum Gasteiger partial charge on any atom is 0.143 e. The summed E-state index contributed by atoms with van der Waals surface area (Å²) >= 11 is 6.19. The van der Waals surface area contributed by atoms with E-state index in [1.54, 1.807) is 0 Å². The molecular weight excluding hydrogens is 318 g/mol. The van der Waals surface area contributed by atoms with Crippen molar-refractivity contribution in [3.63, 3.8) is 0 Å². The lowest BCUT2D eigenvalue weighted by atomic mass is 10.1. The molecule has 0 amide bonds. The zero-order valence-electron chi connectivity index (χ0n) is 13.2. The van der Waals surface area contributed by atoms with Crippen LogP contribution in [0.5, 0.6) is 0 Å². The van der Waals surface area contributed by atoms with Crippen molar-refractivity contribution in [1.29, 1.82) is 0 Å². The van der Waals surface area contributed by atoms with Gasteiger partial charge in [-0.3, -0.25) is 4.40 Å². The van der Waals surface area contributed by atoms with Gasteiger partial charge in [0.1, 0.15) is 17.2 Å². The summed E-state index contributed by atoms with van der Waals surface area (Å²) in [4.78, 5) is 4.78. The Kier molecular flexibility index (Phi) is 3.71. The molecule has 0 bridgehead atoms. The SMILES string of the molecule is Cc1ccc(Nc2c(-c3ccccc3)nc3ccc(Cl)cn23)cc1. The van der Waals surface area contributed by atoms with Crippen LogP contribution in [-0.2, 0) is 0 Å². The molecule has 0 aliphatic carbocycles. The van der Waals surface area contributed by atoms with Crippen molar-refractivity contribution < 1.29 is 0 Å². The van der Waals surface area contributed by atoms with Crippen LogP contribution in [0.3, 0.4) is 0 Å². The van der Waals surface area contributed by atoms with Crippen LogP contribution in [-0.4, -0.2) is 9.38 Å². The summed E-state index contributed by atoms with van der Waals surface area (Å²) in [5, 5.41) is 4.16. The normalized spacial score (nSPS) is 10.9. The van der Waals surface area contributed by atoms with Crippen molar-refractivity contribution in [1.82, 2.24) is 9.38 Å². The molecule has 118 valence electrons. The van der Waals surface area contributed by atoms with E-state index in [4.69, 9.17) is 16.6 Å². The van der Waals surface area contributed by atoms with Gasteiger partial charge in [0.25, 0.3) is 0 Å². The molecule has 4 rings (SSSR count). The zero-order chi connectivity index (χ0) is 16.5. The van der Waals surface area contributed by atoms with Crippen LogP contribution >= 0.6 is 11.6 Å². The molecule has 2 aromatic heterocycles. The molecule has 1 N–H and O–H groups in total. The number of nitrogens with one attached hydrogen (secondary N) is 1. The third kappa shape index (κ3) is 2.74. The van der Waals surface area contributed by atoms with E-state index in [9.17, 15) is 0 Å². The van der Waals surface area contributed by atoms with Gasteiger partial charge in [0.05, 0.1) is 5.02 Å². The number of aryl methyl sites for hydroxylation is 1. The Labute approximate surface area is 145 Å². The van der Waals surface area contributed by atoms with Gasteiger partial charge < -0.3 is 5.32 Å². The van der Waals surface area contributed by atoms with Crippen LogP contribution in [0.4, 0.5) is 11.5 Å². The molecule has 0 aliphatic heterocycles. The molecule has 2 heterocycles. The lowest BCUT2D eigenvalue weighted by molar-refractivity contribution is 1.18. The minimum Gasteiger partial charge on any atom is -0.339 e. The molecule has 0 saturated heterocycles. The van der Waals surface area contributed by atoms with Crippen molar-refractivity contribution >= 4 is 28.8 Å². The number of pyridine rings is 1. The summed E-state index contributed by atoms with van der Waals surface area (Å²) in [6.07, 6.45) is 1.88. The highest BCUT2D eigenvalue weighted by atomic mass is 35.5. The lowest BCUT2D eigenvalue weighted by Crippen LogP contribution is -1.97. The fraction of sp³-hybridized carbons (Fsp3) is 0.0500. The molecule has 0 unspecified atom stereocenters. The lowest BCUT2D eigenvalue weighted by Gasteiger charge is -2.09. The topological polar surface area (TPSA) is 29.3 Å². The molecular formula is C20H16ClN3. The Morgan fingerprint density at radius 3 is 2.42 bits per heavy atom. The van der Waals surface area contributed by atoms with Gasteiger partial charge in [-0.2, -0.15) is 0 Å². The molecule has 3 nitrogen and oxygen atoms in total. The first-order valence-corrected chi connectivity index (χ1v) is 8.15. The molecule has 2 aromatic carbocycles. The third-order valence-electron chi connectivity index (χ3n) is 3.94. The average Bonchev–Trinajstić information content (AvgIpc) is 2.95. The van der Waals surface area contributed by atoms with E-state index in [1.807, 2.05) is 40.9 Å². The first-order valence-electron chi connectivity index (χ1n) is 7.77. The number of hydrogen-bond donors (Lipinski definition) is 1. The van der Waals surface area contributed by atoms with Crippen molar-refractivity contribution in [3.05, 3.63) is 83.5 Å². The van der Waals surface area contributed by atoms with Gasteiger partial charge in [-0.05, 0) is 31.2 Å². The predicted molar refractivity (Wildman–Crippen MR) is 100 cm³/mol. The van der Waals surface area contributed by atoms with Crippen molar-refractivity contribution in [2.75, 3.05) is 5.32 Å². The maximum atomic E-state index is 6.19. The van der Waals surface area contributed by atoms with Crippen molar-refractivity contribution in [2.45, 2.75) is 6.92 Å². The standard InChI is InChI=1S/C20H16ClN3/c1-14-7-10-17(11-8-14)22-20-19(15-5-3-2-4-6-15)23-18-12-9-16(21)13-24(18)20/h2-13,22H,1H3. The molecule has 0 spiro atoms. The van der Waals surface area contributed by atoms with E-state index in [2.05, 4.69) is 48.6 Å². The molecule has 0 saturated carbocycles. The molecule has 24 heavy (non-hydrogen) atoms. The Hall–Kier alpha value is -2.78. The second kappa shape index (κ2) is 6.02. The van der Waals surface area contributed by atoms with Crippen LogP contribution in [0.2, 0.25) is 5.02 Å². The van der Waals surface area contributed by atoms with Crippen molar-refractivity contribution in [2.24, 2.45) is 0 Å². The number of imidazole rings is 1. The van der Waals surface area contributed by atoms with Crippen LogP contribution in [0.1, 0.15) is 5.56 Å². The van der Waals surface area contributed by atoms with Gasteiger partial charge in [0, 0.05) is 17.4 Å². The smallest absolute Gasteiger partial charge is 0.143 e. The monoisotopic (exact) mass is 333 g/mol. The minimum absolute atomic E-state index is 0.673. The Morgan fingerprint density at radius 1 is 0.917 bits per heavy atom. The quantitative estimate of drug-likeness (QED) is 0.520. The molecule has 0 fully saturated rings.